The number of hydrazine groups is 2. The molecule has 11 heteroatoms. The van der Waals surface area contributed by atoms with Crippen LogP contribution in [0.5, 0.6) is 0 Å². The second-order valence-corrected chi connectivity index (χ2v) is 8.10. The zero-order valence-corrected chi connectivity index (χ0v) is 18.8. The zero-order valence-electron chi connectivity index (χ0n) is 18.8. The molecule has 1 amide bonds. The van der Waals surface area contributed by atoms with Crippen LogP contribution in [0.4, 0.5) is 10.7 Å². The first-order valence-electron chi connectivity index (χ1n) is 11.1. The number of methoxy groups -OCH3 is 1. The van der Waals surface area contributed by atoms with Crippen molar-refractivity contribution < 1.29 is 19.4 Å². The lowest BCUT2D eigenvalue weighted by atomic mass is 10.1. The van der Waals surface area contributed by atoms with Gasteiger partial charge in [0, 0.05) is 64.3 Å². The van der Waals surface area contributed by atoms with Crippen LogP contribution in [0.15, 0.2) is 36.7 Å². The molecule has 2 fully saturated rings. The van der Waals surface area contributed by atoms with Gasteiger partial charge in [0.05, 0.1) is 25.9 Å². The molecule has 0 radical (unpaired) electrons. The molecule has 1 atom stereocenters. The van der Waals surface area contributed by atoms with Crippen LogP contribution in [0.2, 0.25) is 0 Å². The molecule has 1 aromatic heterocycles. The van der Waals surface area contributed by atoms with E-state index in [-0.39, 0.29) is 6.10 Å². The number of piperazine rings is 1. The fourth-order valence-electron chi connectivity index (χ4n) is 3.67. The topological polar surface area (TPSA) is 119 Å². The van der Waals surface area contributed by atoms with E-state index in [1.807, 2.05) is 36.7 Å². The fraction of sp³-hybridized carbons (Fsp3) is 0.500. The van der Waals surface area contributed by atoms with Gasteiger partial charge in [0.1, 0.15) is 0 Å². The summed E-state index contributed by atoms with van der Waals surface area (Å²) in [7, 11) is 1.68. The molecular weight excluding hydrogens is 426 g/mol. The molecule has 178 valence electrons. The van der Waals surface area contributed by atoms with E-state index in [1.165, 1.54) is 4.90 Å². The van der Waals surface area contributed by atoms with Gasteiger partial charge in [-0.05, 0) is 17.2 Å². The maximum atomic E-state index is 11.5. The van der Waals surface area contributed by atoms with Crippen LogP contribution in [0.1, 0.15) is 5.56 Å². The molecule has 3 N–H and O–H groups in total. The summed E-state index contributed by atoms with van der Waals surface area (Å²) in [5, 5.41) is 11.6. The van der Waals surface area contributed by atoms with E-state index in [1.54, 1.807) is 7.11 Å². The molecule has 0 bridgehead atoms. The van der Waals surface area contributed by atoms with Crippen molar-refractivity contribution in [3.63, 3.8) is 0 Å². The number of rotatable bonds is 11. The molecule has 4 rings (SSSR count). The molecule has 0 aliphatic carbocycles. The smallest absolute Gasteiger partial charge is 0.407 e. The normalized spacial score (nSPS) is 18.3. The van der Waals surface area contributed by atoms with Gasteiger partial charge >= 0.3 is 6.09 Å². The summed E-state index contributed by atoms with van der Waals surface area (Å²) < 4.78 is 10.2. The lowest BCUT2D eigenvalue weighted by Crippen LogP contribution is -2.56. The van der Waals surface area contributed by atoms with Crippen LogP contribution in [-0.4, -0.2) is 96.8 Å². The number of benzene rings is 1. The largest absolute Gasteiger partial charge is 0.465 e. The third-order valence-electron chi connectivity index (χ3n) is 5.60. The number of carboxylic acid groups (broad SMARTS) is 1. The maximum Gasteiger partial charge on any atom is 0.407 e. The summed E-state index contributed by atoms with van der Waals surface area (Å²) in [6.45, 7) is 6.08. The van der Waals surface area contributed by atoms with Gasteiger partial charge in [0.2, 0.25) is 5.95 Å². The highest BCUT2D eigenvalue weighted by Gasteiger charge is 2.28. The fourth-order valence-corrected chi connectivity index (χ4v) is 3.67. The molecule has 33 heavy (non-hydrogen) atoms. The van der Waals surface area contributed by atoms with Crippen LogP contribution in [0.3, 0.4) is 0 Å². The minimum Gasteiger partial charge on any atom is -0.465 e. The SMILES string of the molecule is COCCNNN1CCN(c2ncc(-c3cccc(CN(CC4CO4)C(=O)O)c3)cn2)CC1. The Balaban J connectivity index is 1.32. The van der Waals surface area contributed by atoms with Crippen LogP contribution in [0.25, 0.3) is 11.1 Å². The van der Waals surface area contributed by atoms with Crippen molar-refractivity contribution in [2.24, 2.45) is 0 Å². The Morgan fingerprint density at radius 3 is 2.67 bits per heavy atom. The van der Waals surface area contributed by atoms with Crippen molar-refractivity contribution in [1.29, 1.82) is 0 Å². The van der Waals surface area contributed by atoms with Gasteiger partial charge < -0.3 is 24.4 Å². The van der Waals surface area contributed by atoms with Crippen molar-refractivity contribution in [2.45, 2.75) is 12.6 Å². The highest BCUT2D eigenvalue weighted by molar-refractivity contribution is 5.66. The Morgan fingerprint density at radius 1 is 1.24 bits per heavy atom. The van der Waals surface area contributed by atoms with Gasteiger partial charge in [-0.25, -0.2) is 25.2 Å². The Hall–Kier alpha value is -2.83. The molecular formula is C22H31N7O4. The highest BCUT2D eigenvalue weighted by Crippen LogP contribution is 2.22. The van der Waals surface area contributed by atoms with E-state index in [2.05, 4.69) is 30.8 Å². The number of aromatic nitrogens is 2. The minimum atomic E-state index is -0.940. The third kappa shape index (κ3) is 6.83. The molecule has 1 aromatic carbocycles. The summed E-state index contributed by atoms with van der Waals surface area (Å²) in [5.41, 5.74) is 9.10. The zero-order chi connectivity index (χ0) is 23.0. The minimum absolute atomic E-state index is 0.0230. The van der Waals surface area contributed by atoms with Crippen LogP contribution >= 0.6 is 0 Å². The van der Waals surface area contributed by atoms with Crippen molar-refractivity contribution in [3.05, 3.63) is 42.2 Å². The first-order valence-corrected chi connectivity index (χ1v) is 11.1. The lowest BCUT2D eigenvalue weighted by molar-refractivity contribution is 0.124. The van der Waals surface area contributed by atoms with Crippen molar-refractivity contribution >= 4 is 12.0 Å². The average Bonchev–Trinajstić information content (AvgIpc) is 3.66. The van der Waals surface area contributed by atoms with Crippen molar-refractivity contribution in [3.8, 4) is 11.1 Å². The van der Waals surface area contributed by atoms with E-state index in [0.717, 1.165) is 49.4 Å². The second-order valence-electron chi connectivity index (χ2n) is 8.10. The summed E-state index contributed by atoms with van der Waals surface area (Å²) in [5.74, 6) is 0.711. The Morgan fingerprint density at radius 2 is 2.00 bits per heavy atom. The molecule has 1 unspecified atom stereocenters. The van der Waals surface area contributed by atoms with Crippen LogP contribution < -0.4 is 15.9 Å². The molecule has 2 aliphatic rings. The number of nitrogens with one attached hydrogen (secondary N) is 2. The highest BCUT2D eigenvalue weighted by atomic mass is 16.6. The molecule has 0 spiro atoms. The number of anilines is 1. The van der Waals surface area contributed by atoms with Crippen molar-refractivity contribution in [2.75, 3.05) is 64.5 Å². The Labute approximate surface area is 193 Å². The predicted molar refractivity (Wildman–Crippen MR) is 122 cm³/mol. The first-order chi connectivity index (χ1) is 16.1. The van der Waals surface area contributed by atoms with E-state index < -0.39 is 6.09 Å². The molecule has 2 aromatic rings. The summed E-state index contributed by atoms with van der Waals surface area (Å²) >= 11 is 0. The molecule has 2 aliphatic heterocycles. The molecule has 0 saturated carbocycles. The van der Waals surface area contributed by atoms with Crippen molar-refractivity contribution in [1.82, 2.24) is 30.8 Å². The number of epoxide rings is 1. The maximum absolute atomic E-state index is 11.5. The third-order valence-corrected chi connectivity index (χ3v) is 5.60. The molecule has 3 heterocycles. The van der Waals surface area contributed by atoms with E-state index in [0.29, 0.717) is 32.3 Å². The molecule has 2 saturated heterocycles. The summed E-state index contributed by atoms with van der Waals surface area (Å²) in [6.07, 6.45) is 2.73. The van der Waals surface area contributed by atoms with Crippen LogP contribution in [-0.2, 0) is 16.0 Å². The van der Waals surface area contributed by atoms with E-state index in [9.17, 15) is 9.90 Å². The van der Waals surface area contributed by atoms with Gasteiger partial charge in [-0.3, -0.25) is 0 Å². The quantitative estimate of drug-likeness (QED) is 0.254. The van der Waals surface area contributed by atoms with Gasteiger partial charge in [0.15, 0.2) is 0 Å². The average molecular weight is 458 g/mol. The second kappa shape index (κ2) is 11.3. The predicted octanol–water partition coefficient (Wildman–Crippen LogP) is 0.800. The number of nitrogens with zero attached hydrogens (tertiary/aromatic N) is 5. The summed E-state index contributed by atoms with van der Waals surface area (Å²) in [6, 6.07) is 7.83. The number of ether oxygens (including phenoxy) is 2. The van der Waals surface area contributed by atoms with Crippen LogP contribution in [0, 0.1) is 0 Å². The van der Waals surface area contributed by atoms with Gasteiger partial charge in [-0.1, -0.05) is 18.2 Å². The Kier molecular flexibility index (Phi) is 8.02. The monoisotopic (exact) mass is 457 g/mol. The van der Waals surface area contributed by atoms with E-state index >= 15 is 0 Å². The Bertz CT molecular complexity index is 902. The number of hydrogen-bond donors (Lipinski definition) is 3. The van der Waals surface area contributed by atoms with Gasteiger partial charge in [-0.15, -0.1) is 0 Å². The first kappa shape index (κ1) is 23.3. The van der Waals surface area contributed by atoms with Gasteiger partial charge in [-0.2, -0.15) is 5.53 Å². The lowest BCUT2D eigenvalue weighted by Gasteiger charge is -2.34. The van der Waals surface area contributed by atoms with Gasteiger partial charge in [0.25, 0.3) is 0 Å². The standard InChI is InChI=1S/C22H31N7O4/c1-32-10-5-25-26-29-8-6-27(7-9-29)21-23-12-19(13-24-21)18-4-2-3-17(11-18)14-28(22(30)31)15-20-16-33-20/h2-4,11-13,20,25-26H,5-10,14-16H2,1H3,(H,30,31). The number of amides is 1. The molecule has 11 nitrogen and oxygen atoms in total. The number of hydrogen-bond acceptors (Lipinski definition) is 9. The summed E-state index contributed by atoms with van der Waals surface area (Å²) in [4.78, 5) is 24.2. The van der Waals surface area contributed by atoms with E-state index in [4.69, 9.17) is 9.47 Å². The number of carbonyl (C=O) groups is 1.